The third-order valence-corrected chi connectivity index (χ3v) is 6.24. The highest BCUT2D eigenvalue weighted by Gasteiger charge is 2.25. The quantitative estimate of drug-likeness (QED) is 0.422. The molecule has 1 aromatic carbocycles. The number of amides is 1. The van der Waals surface area contributed by atoms with Gasteiger partial charge in [-0.15, -0.1) is 0 Å². The molecule has 4 aromatic rings. The highest BCUT2D eigenvalue weighted by Crippen LogP contribution is 2.27. The van der Waals surface area contributed by atoms with Crippen molar-refractivity contribution >= 4 is 26.8 Å². The van der Waals surface area contributed by atoms with Gasteiger partial charge in [-0.2, -0.15) is 13.9 Å². The molecule has 0 radical (unpaired) electrons. The third-order valence-electron chi connectivity index (χ3n) is 4.50. The zero-order valence-electron chi connectivity index (χ0n) is 17.1. The smallest absolute Gasteiger partial charge is 0.394 e. The average Bonchev–Trinajstić information content (AvgIpc) is 3.25. The lowest BCUT2D eigenvalue weighted by molar-refractivity contribution is -0.159. The molecule has 0 saturated carbocycles. The Bertz CT molecular complexity index is 1420. The summed E-state index contributed by atoms with van der Waals surface area (Å²) in [7, 11) is -4.02. The maximum atomic E-state index is 13.1. The Morgan fingerprint density at radius 2 is 1.91 bits per heavy atom. The van der Waals surface area contributed by atoms with Crippen LogP contribution in [0.4, 0.5) is 8.78 Å². The van der Waals surface area contributed by atoms with E-state index >= 15 is 0 Å². The number of aromatic amines is 1. The number of sulfone groups is 1. The first kappa shape index (κ1) is 22.3. The summed E-state index contributed by atoms with van der Waals surface area (Å²) in [6.45, 7) is 0.611. The first-order valence-corrected chi connectivity index (χ1v) is 11.0. The van der Waals surface area contributed by atoms with Gasteiger partial charge in [0.1, 0.15) is 5.75 Å². The second-order valence-electron chi connectivity index (χ2n) is 7.09. The van der Waals surface area contributed by atoms with Crippen LogP contribution in [0.5, 0.6) is 5.75 Å². The summed E-state index contributed by atoms with van der Waals surface area (Å²) in [4.78, 5) is 20.2. The van der Waals surface area contributed by atoms with Gasteiger partial charge in [-0.1, -0.05) is 6.07 Å². The van der Waals surface area contributed by atoms with E-state index in [2.05, 4.69) is 30.2 Å². The SMILES string of the molecule is CC(F)(F)Oc1cccc(S(=O)(=O)c2ccc(CNC(=O)c3cnc4[nH]ncc4c3)nc2)c1. The van der Waals surface area contributed by atoms with Gasteiger partial charge in [0.2, 0.25) is 9.84 Å². The Morgan fingerprint density at radius 1 is 1.09 bits per heavy atom. The second kappa shape index (κ2) is 8.54. The number of alkyl halides is 2. The van der Waals surface area contributed by atoms with Crippen LogP contribution >= 0.6 is 0 Å². The average molecular weight is 473 g/mol. The van der Waals surface area contributed by atoms with Gasteiger partial charge in [-0.3, -0.25) is 14.9 Å². The maximum Gasteiger partial charge on any atom is 0.394 e. The molecule has 3 aromatic heterocycles. The van der Waals surface area contributed by atoms with Crippen molar-refractivity contribution in [3.63, 3.8) is 0 Å². The lowest BCUT2D eigenvalue weighted by atomic mass is 10.2. The number of rotatable bonds is 7. The molecule has 2 N–H and O–H groups in total. The van der Waals surface area contributed by atoms with Crippen LogP contribution in [-0.4, -0.2) is 40.6 Å². The zero-order chi connectivity index (χ0) is 23.6. The minimum Gasteiger partial charge on any atom is -0.433 e. The molecule has 0 unspecified atom stereocenters. The van der Waals surface area contributed by atoms with Crippen LogP contribution in [0.2, 0.25) is 0 Å². The number of nitrogens with zero attached hydrogens (tertiary/aromatic N) is 3. The van der Waals surface area contributed by atoms with Crippen LogP contribution in [0.25, 0.3) is 11.0 Å². The summed E-state index contributed by atoms with van der Waals surface area (Å²) in [5.74, 6) is -0.660. The number of nitrogens with one attached hydrogen (secondary N) is 2. The number of carbonyl (C=O) groups excluding carboxylic acids is 1. The summed E-state index contributed by atoms with van der Waals surface area (Å²) < 4.78 is 56.3. The molecule has 170 valence electrons. The second-order valence-corrected chi connectivity index (χ2v) is 9.04. The van der Waals surface area contributed by atoms with E-state index in [-0.39, 0.29) is 28.0 Å². The van der Waals surface area contributed by atoms with Crippen molar-refractivity contribution in [2.75, 3.05) is 0 Å². The van der Waals surface area contributed by atoms with E-state index in [0.29, 0.717) is 29.2 Å². The van der Waals surface area contributed by atoms with E-state index in [0.717, 1.165) is 12.3 Å². The van der Waals surface area contributed by atoms with Crippen LogP contribution in [0, 0.1) is 0 Å². The molecule has 0 atom stereocenters. The molecule has 1 amide bonds. The number of pyridine rings is 2. The summed E-state index contributed by atoms with van der Waals surface area (Å²) in [5, 5.41) is 9.91. The lowest BCUT2D eigenvalue weighted by Gasteiger charge is -2.14. The van der Waals surface area contributed by atoms with Gasteiger partial charge in [0.05, 0.1) is 33.8 Å². The number of ether oxygens (including phenoxy) is 1. The summed E-state index contributed by atoms with van der Waals surface area (Å²) in [6, 6.07) is 9.24. The summed E-state index contributed by atoms with van der Waals surface area (Å²) in [5.41, 5.74) is 1.32. The zero-order valence-corrected chi connectivity index (χ0v) is 17.9. The number of benzene rings is 1. The van der Waals surface area contributed by atoms with Crippen molar-refractivity contribution in [3.8, 4) is 5.75 Å². The Morgan fingerprint density at radius 3 is 2.64 bits per heavy atom. The molecular formula is C21H17F2N5O4S. The van der Waals surface area contributed by atoms with Crippen LogP contribution in [0.15, 0.2) is 70.8 Å². The lowest BCUT2D eigenvalue weighted by Crippen LogP contribution is -2.23. The third kappa shape index (κ3) is 5.12. The van der Waals surface area contributed by atoms with Crippen LogP contribution in [0.1, 0.15) is 23.0 Å². The first-order chi connectivity index (χ1) is 15.6. The summed E-state index contributed by atoms with van der Waals surface area (Å²) >= 11 is 0. The van der Waals surface area contributed by atoms with Crippen LogP contribution < -0.4 is 10.1 Å². The summed E-state index contributed by atoms with van der Waals surface area (Å²) in [6.07, 6.45) is 0.648. The molecule has 0 fully saturated rings. The molecule has 0 aliphatic rings. The van der Waals surface area contributed by atoms with E-state index in [1.165, 1.54) is 36.5 Å². The molecule has 0 bridgehead atoms. The topological polar surface area (TPSA) is 127 Å². The van der Waals surface area contributed by atoms with Gasteiger partial charge in [0.15, 0.2) is 5.65 Å². The van der Waals surface area contributed by atoms with Crippen molar-refractivity contribution in [1.82, 2.24) is 25.5 Å². The normalized spacial score (nSPS) is 12.0. The Hall–Kier alpha value is -3.93. The van der Waals surface area contributed by atoms with Crippen molar-refractivity contribution in [3.05, 3.63) is 72.3 Å². The van der Waals surface area contributed by atoms with Crippen LogP contribution in [0.3, 0.4) is 0 Å². The molecule has 0 aliphatic carbocycles. The Labute approximate surface area is 186 Å². The number of carbonyl (C=O) groups is 1. The van der Waals surface area contributed by atoms with E-state index in [1.807, 2.05) is 0 Å². The molecule has 33 heavy (non-hydrogen) atoms. The standard InChI is InChI=1S/C21H17F2N5O4S/c1-21(22,23)32-16-3-2-4-17(8-16)33(30,31)18-6-5-15(24-12-18)11-26-20(29)14-7-13-10-27-28-19(13)25-9-14/h2-10,12H,11H2,1H3,(H,26,29)(H,25,27,28). The number of fused-ring (bicyclic) bond motifs is 1. The molecular weight excluding hydrogens is 456 g/mol. The predicted molar refractivity (Wildman–Crippen MR) is 112 cm³/mol. The van der Waals surface area contributed by atoms with Crippen molar-refractivity contribution < 1.29 is 26.7 Å². The molecule has 0 spiro atoms. The van der Waals surface area contributed by atoms with Gasteiger partial charge >= 0.3 is 6.11 Å². The molecule has 9 nitrogen and oxygen atoms in total. The van der Waals surface area contributed by atoms with Gasteiger partial charge < -0.3 is 10.1 Å². The number of hydrogen-bond donors (Lipinski definition) is 2. The number of aromatic nitrogens is 4. The van der Waals surface area contributed by atoms with Gasteiger partial charge in [-0.05, 0) is 36.4 Å². The van der Waals surface area contributed by atoms with Gasteiger partial charge in [0, 0.05) is 24.7 Å². The minimum absolute atomic E-state index is 0.0531. The number of H-pyrrole nitrogens is 1. The number of hydrogen-bond acceptors (Lipinski definition) is 7. The highest BCUT2D eigenvalue weighted by molar-refractivity contribution is 7.91. The molecule has 0 saturated heterocycles. The molecule has 3 heterocycles. The van der Waals surface area contributed by atoms with Crippen LogP contribution in [-0.2, 0) is 16.4 Å². The van der Waals surface area contributed by atoms with Crippen molar-refractivity contribution in [1.29, 1.82) is 0 Å². The van der Waals surface area contributed by atoms with E-state index < -0.39 is 15.9 Å². The molecule has 12 heteroatoms. The van der Waals surface area contributed by atoms with Gasteiger partial charge in [0.25, 0.3) is 5.91 Å². The maximum absolute atomic E-state index is 13.1. The van der Waals surface area contributed by atoms with E-state index in [9.17, 15) is 22.0 Å². The highest BCUT2D eigenvalue weighted by atomic mass is 32.2. The minimum atomic E-state index is -4.02. The predicted octanol–water partition coefficient (Wildman–Crippen LogP) is 3.11. The molecule has 4 rings (SSSR count). The number of halogens is 2. The fourth-order valence-electron chi connectivity index (χ4n) is 2.96. The van der Waals surface area contributed by atoms with Crippen molar-refractivity contribution in [2.24, 2.45) is 0 Å². The van der Waals surface area contributed by atoms with E-state index in [1.54, 1.807) is 12.3 Å². The van der Waals surface area contributed by atoms with Crippen molar-refractivity contribution in [2.45, 2.75) is 29.4 Å². The Balaban J connectivity index is 1.45. The Kier molecular flexibility index (Phi) is 5.77. The largest absolute Gasteiger partial charge is 0.433 e. The fourth-order valence-corrected chi connectivity index (χ4v) is 4.20. The van der Waals surface area contributed by atoms with E-state index in [4.69, 9.17) is 0 Å². The molecule has 0 aliphatic heterocycles. The monoisotopic (exact) mass is 473 g/mol. The van der Waals surface area contributed by atoms with Gasteiger partial charge in [-0.25, -0.2) is 13.4 Å². The fraction of sp³-hybridized carbons (Fsp3) is 0.143. The first-order valence-electron chi connectivity index (χ1n) is 9.56.